The Balaban J connectivity index is 1.76. The molecule has 0 amide bonds. The molecule has 1 saturated heterocycles. The Hall–Kier alpha value is -2.04. The van der Waals surface area contributed by atoms with E-state index in [1.807, 2.05) is 20.8 Å². The second-order valence-corrected chi connectivity index (χ2v) is 8.06. The molecule has 1 aliphatic rings. The van der Waals surface area contributed by atoms with Gasteiger partial charge in [-0.05, 0) is 13.0 Å². The number of morpholine rings is 1. The molecule has 0 spiro atoms. The number of aromatic nitrogens is 3. The lowest BCUT2D eigenvalue weighted by Crippen LogP contribution is -2.42. The molecular formula is C16H22N4O5S. The summed E-state index contributed by atoms with van der Waals surface area (Å²) in [7, 11) is -3.70. The van der Waals surface area contributed by atoms with Crippen molar-refractivity contribution in [1.82, 2.24) is 19.5 Å². The van der Waals surface area contributed by atoms with Gasteiger partial charge in [-0.25, -0.2) is 13.4 Å². The summed E-state index contributed by atoms with van der Waals surface area (Å²) in [5, 5.41) is 7.97. The molecular weight excluding hydrogens is 360 g/mol. The molecule has 3 heterocycles. The lowest BCUT2D eigenvalue weighted by molar-refractivity contribution is -0.0179. The fourth-order valence-electron chi connectivity index (χ4n) is 2.51. The second-order valence-electron chi connectivity index (χ2n) is 6.12. The van der Waals surface area contributed by atoms with Crippen LogP contribution in [-0.2, 0) is 14.8 Å². The smallest absolute Gasteiger partial charge is 0.246 e. The molecule has 0 aromatic carbocycles. The molecule has 9 nitrogen and oxygen atoms in total. The Morgan fingerprint density at radius 3 is 2.77 bits per heavy atom. The summed E-state index contributed by atoms with van der Waals surface area (Å²) in [5.74, 6) is 1.27. The number of pyridine rings is 1. The predicted molar refractivity (Wildman–Crippen MR) is 91.2 cm³/mol. The van der Waals surface area contributed by atoms with E-state index in [-0.39, 0.29) is 30.5 Å². The average Bonchev–Trinajstić information content (AvgIpc) is 3.13. The van der Waals surface area contributed by atoms with E-state index in [0.717, 1.165) is 0 Å². The second kappa shape index (κ2) is 7.68. The largest absolute Gasteiger partial charge is 0.478 e. The van der Waals surface area contributed by atoms with Crippen LogP contribution in [0.2, 0.25) is 0 Å². The fourth-order valence-corrected chi connectivity index (χ4v) is 3.88. The Bertz CT molecular complexity index is 835. The number of sulfonamides is 1. The summed E-state index contributed by atoms with van der Waals surface area (Å²) >= 11 is 0. The molecule has 142 valence electrons. The van der Waals surface area contributed by atoms with Gasteiger partial charge < -0.3 is 13.9 Å². The highest BCUT2D eigenvalue weighted by Crippen LogP contribution is 2.27. The number of rotatable bonds is 6. The van der Waals surface area contributed by atoms with Gasteiger partial charge in [0.2, 0.25) is 27.7 Å². The molecule has 1 atom stereocenters. The van der Waals surface area contributed by atoms with Gasteiger partial charge in [0.05, 0.1) is 19.4 Å². The predicted octanol–water partition coefficient (Wildman–Crippen LogP) is 1.75. The molecule has 1 fully saturated rings. The number of hydrogen-bond donors (Lipinski definition) is 0. The van der Waals surface area contributed by atoms with Crippen molar-refractivity contribution in [3.63, 3.8) is 0 Å². The first kappa shape index (κ1) is 18.7. The summed E-state index contributed by atoms with van der Waals surface area (Å²) < 4.78 is 43.6. The average molecular weight is 382 g/mol. The van der Waals surface area contributed by atoms with Crippen molar-refractivity contribution in [2.24, 2.45) is 0 Å². The van der Waals surface area contributed by atoms with Crippen molar-refractivity contribution in [3.8, 4) is 5.88 Å². The van der Waals surface area contributed by atoms with Crippen molar-refractivity contribution in [2.75, 3.05) is 26.3 Å². The zero-order valence-corrected chi connectivity index (χ0v) is 15.8. The molecule has 0 aliphatic carbocycles. The number of nitrogens with zero attached hydrogens (tertiary/aromatic N) is 4. The third-order valence-electron chi connectivity index (χ3n) is 3.89. The third kappa shape index (κ3) is 3.87. The zero-order valence-electron chi connectivity index (χ0n) is 15.0. The highest BCUT2D eigenvalue weighted by Gasteiger charge is 2.34. The first-order chi connectivity index (χ1) is 12.4. The maximum Gasteiger partial charge on any atom is 0.246 e. The molecule has 26 heavy (non-hydrogen) atoms. The van der Waals surface area contributed by atoms with E-state index in [4.69, 9.17) is 13.9 Å². The molecule has 10 heteroatoms. The molecule has 1 aliphatic heterocycles. The van der Waals surface area contributed by atoms with E-state index in [1.54, 1.807) is 6.07 Å². The van der Waals surface area contributed by atoms with Crippen molar-refractivity contribution in [3.05, 3.63) is 30.1 Å². The normalized spacial score (nSPS) is 19.0. The highest BCUT2D eigenvalue weighted by atomic mass is 32.2. The van der Waals surface area contributed by atoms with Gasteiger partial charge in [0, 0.05) is 25.1 Å². The molecule has 2 aromatic rings. The topological polar surface area (TPSA) is 108 Å². The quantitative estimate of drug-likeness (QED) is 0.743. The van der Waals surface area contributed by atoms with Crippen LogP contribution in [0.15, 0.2) is 27.6 Å². The number of ether oxygens (including phenoxy) is 2. The maximum atomic E-state index is 12.9. The summed E-state index contributed by atoms with van der Waals surface area (Å²) in [5.41, 5.74) is 0. The maximum absolute atomic E-state index is 12.9. The van der Waals surface area contributed by atoms with Gasteiger partial charge in [-0.2, -0.15) is 4.31 Å². The summed E-state index contributed by atoms with van der Waals surface area (Å²) in [6, 6.07) is 3.03. The van der Waals surface area contributed by atoms with Crippen molar-refractivity contribution in [1.29, 1.82) is 0 Å². The van der Waals surface area contributed by atoms with Gasteiger partial charge in [-0.15, -0.1) is 10.2 Å². The standard InChI is InChI=1S/C16H22N4O5S/c1-4-23-14-6-5-12(9-17-14)26(21,22)20-7-8-24-13(10-20)16-19-18-15(25-16)11(2)3/h5-6,9,11,13H,4,7-8,10H2,1-3H3. The van der Waals surface area contributed by atoms with Crippen LogP contribution in [-0.4, -0.2) is 54.2 Å². The molecule has 0 radical (unpaired) electrons. The molecule has 0 N–H and O–H groups in total. The molecule has 0 saturated carbocycles. The van der Waals surface area contributed by atoms with Crippen LogP contribution in [0.4, 0.5) is 0 Å². The summed E-state index contributed by atoms with van der Waals surface area (Å²) in [6.45, 7) is 6.78. The minimum atomic E-state index is -3.70. The van der Waals surface area contributed by atoms with Gasteiger partial charge >= 0.3 is 0 Å². The van der Waals surface area contributed by atoms with Crippen molar-refractivity contribution < 1.29 is 22.3 Å². The van der Waals surface area contributed by atoms with Crippen LogP contribution >= 0.6 is 0 Å². The highest BCUT2D eigenvalue weighted by molar-refractivity contribution is 7.89. The Kier molecular flexibility index (Phi) is 5.54. The van der Waals surface area contributed by atoms with Crippen LogP contribution in [0.1, 0.15) is 44.6 Å². The number of hydrogen-bond acceptors (Lipinski definition) is 8. The Morgan fingerprint density at radius 1 is 1.35 bits per heavy atom. The van der Waals surface area contributed by atoms with E-state index < -0.39 is 16.1 Å². The van der Waals surface area contributed by atoms with E-state index in [1.165, 1.54) is 16.6 Å². The van der Waals surface area contributed by atoms with Crippen LogP contribution in [0.25, 0.3) is 0 Å². The molecule has 1 unspecified atom stereocenters. The Morgan fingerprint density at radius 2 is 2.15 bits per heavy atom. The van der Waals surface area contributed by atoms with E-state index in [9.17, 15) is 8.42 Å². The van der Waals surface area contributed by atoms with E-state index in [2.05, 4.69) is 15.2 Å². The minimum absolute atomic E-state index is 0.0922. The molecule has 3 rings (SSSR count). The van der Waals surface area contributed by atoms with Crippen LogP contribution < -0.4 is 4.74 Å². The van der Waals surface area contributed by atoms with Crippen molar-refractivity contribution in [2.45, 2.75) is 37.7 Å². The van der Waals surface area contributed by atoms with Gasteiger partial charge in [-0.1, -0.05) is 13.8 Å². The monoisotopic (exact) mass is 382 g/mol. The SMILES string of the molecule is CCOc1ccc(S(=O)(=O)N2CCOC(c3nnc(C(C)C)o3)C2)cn1. The van der Waals surface area contributed by atoms with Crippen LogP contribution in [0.5, 0.6) is 5.88 Å². The first-order valence-electron chi connectivity index (χ1n) is 8.45. The lowest BCUT2D eigenvalue weighted by atomic mass is 10.2. The summed E-state index contributed by atoms with van der Waals surface area (Å²) in [6.07, 6.45) is 0.711. The van der Waals surface area contributed by atoms with Crippen molar-refractivity contribution >= 4 is 10.0 Å². The Labute approximate surface area is 152 Å². The molecule has 2 aromatic heterocycles. The fraction of sp³-hybridized carbons (Fsp3) is 0.562. The molecule has 0 bridgehead atoms. The summed E-state index contributed by atoms with van der Waals surface area (Å²) in [4.78, 5) is 4.14. The third-order valence-corrected chi connectivity index (χ3v) is 5.74. The van der Waals surface area contributed by atoms with Crippen LogP contribution in [0.3, 0.4) is 0 Å². The zero-order chi connectivity index (χ0) is 18.7. The van der Waals surface area contributed by atoms with Crippen LogP contribution in [0, 0.1) is 0 Å². The van der Waals surface area contributed by atoms with E-state index in [0.29, 0.717) is 24.3 Å². The first-order valence-corrected chi connectivity index (χ1v) is 9.89. The lowest BCUT2D eigenvalue weighted by Gasteiger charge is -2.30. The minimum Gasteiger partial charge on any atom is -0.478 e. The van der Waals surface area contributed by atoms with Gasteiger partial charge in [0.25, 0.3) is 0 Å². The van der Waals surface area contributed by atoms with Gasteiger partial charge in [0.15, 0.2) is 0 Å². The van der Waals surface area contributed by atoms with Gasteiger partial charge in [0.1, 0.15) is 11.0 Å². The van der Waals surface area contributed by atoms with E-state index >= 15 is 0 Å². The van der Waals surface area contributed by atoms with Gasteiger partial charge in [-0.3, -0.25) is 0 Å².